The summed E-state index contributed by atoms with van der Waals surface area (Å²) in [6.07, 6.45) is 1.91. The van der Waals surface area contributed by atoms with Gasteiger partial charge in [0.25, 0.3) is 0 Å². The van der Waals surface area contributed by atoms with E-state index in [0.29, 0.717) is 0 Å². The van der Waals surface area contributed by atoms with Gasteiger partial charge in [0.1, 0.15) is 0 Å². The molecule has 0 atom stereocenters. The van der Waals surface area contributed by atoms with Crippen molar-refractivity contribution in [1.29, 1.82) is 0 Å². The molecule has 0 radical (unpaired) electrons. The summed E-state index contributed by atoms with van der Waals surface area (Å²) in [5, 5.41) is 1.01. The Morgan fingerprint density at radius 2 is 1.68 bits per heavy atom. The highest BCUT2D eigenvalue weighted by atomic mass is 16.1. The number of aryl methyl sites for hydroxylation is 2. The standard InChI is InChI=1S/C17H15NO/c1-12-7-9-13(10-8-12)17(19)15-11-18(2)16-6-4-3-5-14(15)16/h3-11H,1-2H3. The summed E-state index contributed by atoms with van der Waals surface area (Å²) in [5.74, 6) is 0.0804. The van der Waals surface area contributed by atoms with Gasteiger partial charge in [-0.2, -0.15) is 0 Å². The number of benzene rings is 2. The van der Waals surface area contributed by atoms with E-state index >= 15 is 0 Å². The van der Waals surface area contributed by atoms with Crippen molar-refractivity contribution in [2.75, 3.05) is 0 Å². The first-order valence-corrected chi connectivity index (χ1v) is 6.32. The lowest BCUT2D eigenvalue weighted by atomic mass is 10.0. The van der Waals surface area contributed by atoms with Gasteiger partial charge in [-0.25, -0.2) is 0 Å². The maximum absolute atomic E-state index is 12.6. The van der Waals surface area contributed by atoms with E-state index in [0.717, 1.165) is 27.6 Å². The Hall–Kier alpha value is -2.35. The Labute approximate surface area is 112 Å². The first-order chi connectivity index (χ1) is 9.16. The van der Waals surface area contributed by atoms with E-state index in [1.807, 2.05) is 73.3 Å². The Kier molecular flexibility index (Phi) is 2.71. The van der Waals surface area contributed by atoms with Gasteiger partial charge in [0.2, 0.25) is 0 Å². The van der Waals surface area contributed by atoms with E-state index in [9.17, 15) is 4.79 Å². The minimum Gasteiger partial charge on any atom is -0.350 e. The Bertz CT molecular complexity index is 751. The van der Waals surface area contributed by atoms with Crippen LogP contribution >= 0.6 is 0 Å². The molecule has 2 aromatic carbocycles. The van der Waals surface area contributed by atoms with Gasteiger partial charge in [-0.1, -0.05) is 48.0 Å². The average Bonchev–Trinajstić information content (AvgIpc) is 2.77. The molecule has 0 aliphatic rings. The molecular weight excluding hydrogens is 234 g/mol. The van der Waals surface area contributed by atoms with Crippen LogP contribution in [0.15, 0.2) is 54.7 Å². The predicted molar refractivity (Wildman–Crippen MR) is 77.5 cm³/mol. The lowest BCUT2D eigenvalue weighted by Gasteiger charge is -2.00. The topological polar surface area (TPSA) is 22.0 Å². The van der Waals surface area contributed by atoms with Gasteiger partial charge < -0.3 is 4.57 Å². The number of ketones is 1. The van der Waals surface area contributed by atoms with Crippen molar-refractivity contribution >= 4 is 16.7 Å². The first kappa shape index (κ1) is 11.7. The lowest BCUT2D eigenvalue weighted by molar-refractivity contribution is 0.104. The van der Waals surface area contributed by atoms with Gasteiger partial charge in [-0.15, -0.1) is 0 Å². The molecule has 1 aromatic heterocycles. The quantitative estimate of drug-likeness (QED) is 0.634. The molecule has 0 N–H and O–H groups in total. The summed E-state index contributed by atoms with van der Waals surface area (Å²) in [6, 6.07) is 15.7. The largest absolute Gasteiger partial charge is 0.350 e. The number of rotatable bonds is 2. The fourth-order valence-corrected chi connectivity index (χ4v) is 2.38. The van der Waals surface area contributed by atoms with Crippen molar-refractivity contribution in [3.63, 3.8) is 0 Å². The van der Waals surface area contributed by atoms with Crippen LogP contribution in [0.5, 0.6) is 0 Å². The third-order valence-corrected chi connectivity index (χ3v) is 3.46. The van der Waals surface area contributed by atoms with Gasteiger partial charge in [0.15, 0.2) is 5.78 Å². The molecule has 0 fully saturated rings. The lowest BCUT2D eigenvalue weighted by Crippen LogP contribution is -2.00. The summed E-state index contributed by atoms with van der Waals surface area (Å²) in [4.78, 5) is 12.6. The molecule has 0 saturated heterocycles. The molecule has 2 heteroatoms. The van der Waals surface area contributed by atoms with Crippen molar-refractivity contribution in [2.45, 2.75) is 6.92 Å². The van der Waals surface area contributed by atoms with Gasteiger partial charge >= 0.3 is 0 Å². The SMILES string of the molecule is Cc1ccc(C(=O)c2cn(C)c3ccccc23)cc1. The van der Waals surface area contributed by atoms with Gasteiger partial charge in [-0.3, -0.25) is 4.79 Å². The molecule has 0 aliphatic heterocycles. The predicted octanol–water partition coefficient (Wildman–Crippen LogP) is 3.72. The minimum absolute atomic E-state index is 0.0804. The molecule has 94 valence electrons. The summed E-state index contributed by atoms with van der Waals surface area (Å²) in [7, 11) is 1.97. The zero-order chi connectivity index (χ0) is 13.4. The van der Waals surface area contributed by atoms with Crippen LogP contribution in [0.1, 0.15) is 21.5 Å². The fraction of sp³-hybridized carbons (Fsp3) is 0.118. The molecule has 2 nitrogen and oxygen atoms in total. The molecule has 0 unspecified atom stereocenters. The molecule has 3 rings (SSSR count). The molecular formula is C17H15NO. The van der Waals surface area contributed by atoms with Crippen molar-refractivity contribution in [3.8, 4) is 0 Å². The zero-order valence-corrected chi connectivity index (χ0v) is 11.1. The molecule has 0 saturated carbocycles. The summed E-state index contributed by atoms with van der Waals surface area (Å²) in [5.41, 5.74) is 3.75. The molecule has 0 aliphatic carbocycles. The van der Waals surface area contributed by atoms with E-state index in [-0.39, 0.29) is 5.78 Å². The van der Waals surface area contributed by atoms with E-state index in [4.69, 9.17) is 0 Å². The molecule has 0 spiro atoms. The van der Waals surface area contributed by atoms with Gasteiger partial charge in [-0.05, 0) is 13.0 Å². The van der Waals surface area contributed by atoms with Crippen LogP contribution in [0.25, 0.3) is 10.9 Å². The second-order valence-corrected chi connectivity index (χ2v) is 4.87. The maximum Gasteiger partial charge on any atom is 0.195 e. The van der Waals surface area contributed by atoms with Crippen molar-refractivity contribution in [3.05, 3.63) is 71.4 Å². The summed E-state index contributed by atoms with van der Waals surface area (Å²) >= 11 is 0. The third kappa shape index (κ3) is 1.95. The second kappa shape index (κ2) is 4.39. The highest BCUT2D eigenvalue weighted by molar-refractivity contribution is 6.16. The minimum atomic E-state index is 0.0804. The number of hydrogen-bond donors (Lipinski definition) is 0. The van der Waals surface area contributed by atoms with Gasteiger partial charge in [0.05, 0.1) is 0 Å². The monoisotopic (exact) mass is 249 g/mol. The first-order valence-electron chi connectivity index (χ1n) is 6.32. The fourth-order valence-electron chi connectivity index (χ4n) is 2.38. The Balaban J connectivity index is 2.14. The van der Waals surface area contributed by atoms with E-state index < -0.39 is 0 Å². The molecule has 1 heterocycles. The third-order valence-electron chi connectivity index (χ3n) is 3.46. The zero-order valence-electron chi connectivity index (χ0n) is 11.1. The van der Waals surface area contributed by atoms with Crippen molar-refractivity contribution in [2.24, 2.45) is 7.05 Å². The highest BCUT2D eigenvalue weighted by Gasteiger charge is 2.14. The maximum atomic E-state index is 12.6. The normalized spacial score (nSPS) is 10.8. The summed E-state index contributed by atoms with van der Waals surface area (Å²) < 4.78 is 2.00. The Morgan fingerprint density at radius 3 is 2.42 bits per heavy atom. The van der Waals surface area contributed by atoms with Crippen molar-refractivity contribution < 1.29 is 4.79 Å². The highest BCUT2D eigenvalue weighted by Crippen LogP contribution is 2.23. The van der Waals surface area contributed by atoms with Crippen LogP contribution in [-0.2, 0) is 7.05 Å². The smallest absolute Gasteiger partial charge is 0.195 e. The number of nitrogens with zero attached hydrogens (tertiary/aromatic N) is 1. The van der Waals surface area contributed by atoms with Crippen LogP contribution < -0.4 is 0 Å². The van der Waals surface area contributed by atoms with Crippen LogP contribution in [0.4, 0.5) is 0 Å². The average molecular weight is 249 g/mol. The number of fused-ring (bicyclic) bond motifs is 1. The van der Waals surface area contributed by atoms with Gasteiger partial charge in [0, 0.05) is 35.3 Å². The number of carbonyl (C=O) groups excluding carboxylic acids is 1. The van der Waals surface area contributed by atoms with Crippen LogP contribution in [0, 0.1) is 6.92 Å². The van der Waals surface area contributed by atoms with Crippen LogP contribution in [0.3, 0.4) is 0 Å². The molecule has 19 heavy (non-hydrogen) atoms. The van der Waals surface area contributed by atoms with Crippen LogP contribution in [0.2, 0.25) is 0 Å². The Morgan fingerprint density at radius 1 is 1.00 bits per heavy atom. The van der Waals surface area contributed by atoms with Crippen LogP contribution in [-0.4, -0.2) is 10.4 Å². The molecule has 0 bridgehead atoms. The summed E-state index contributed by atoms with van der Waals surface area (Å²) in [6.45, 7) is 2.02. The van der Waals surface area contributed by atoms with Crippen molar-refractivity contribution in [1.82, 2.24) is 4.57 Å². The van der Waals surface area contributed by atoms with E-state index in [2.05, 4.69) is 0 Å². The number of hydrogen-bond acceptors (Lipinski definition) is 1. The van der Waals surface area contributed by atoms with E-state index in [1.54, 1.807) is 0 Å². The molecule has 3 aromatic rings. The second-order valence-electron chi connectivity index (χ2n) is 4.87. The molecule has 0 amide bonds. The number of carbonyl (C=O) groups is 1. The van der Waals surface area contributed by atoms with E-state index in [1.165, 1.54) is 0 Å². The number of aromatic nitrogens is 1. The number of para-hydroxylation sites is 1.